The van der Waals surface area contributed by atoms with Gasteiger partial charge in [-0.15, -0.1) is 0 Å². The number of hydrogen-bond donors (Lipinski definition) is 1. The molecule has 0 atom stereocenters. The second kappa shape index (κ2) is 8.87. The van der Waals surface area contributed by atoms with Gasteiger partial charge >= 0.3 is 0 Å². The lowest BCUT2D eigenvalue weighted by Gasteiger charge is -2.13. The number of aliphatic imine (C=N–C) groups is 1. The summed E-state index contributed by atoms with van der Waals surface area (Å²) in [5.41, 5.74) is 0.519. The second-order valence-electron chi connectivity index (χ2n) is 5.59. The van der Waals surface area contributed by atoms with Crippen LogP contribution in [0.1, 0.15) is 16.7 Å². The minimum Gasteiger partial charge on any atom is -0.497 e. The molecule has 0 unspecified atom stereocenters. The number of benzene rings is 1. The average Bonchev–Trinajstić information content (AvgIpc) is 2.68. The van der Waals surface area contributed by atoms with Gasteiger partial charge in [0.25, 0.3) is 5.56 Å². The van der Waals surface area contributed by atoms with Gasteiger partial charge in [0.05, 0.1) is 32.9 Å². The van der Waals surface area contributed by atoms with E-state index in [4.69, 9.17) is 14.2 Å². The van der Waals surface area contributed by atoms with Crippen LogP contribution in [0.3, 0.4) is 0 Å². The number of aromatic hydroxyl groups is 1. The number of methoxy groups -OCH3 is 3. The molecule has 1 aromatic carbocycles. The molecule has 0 aliphatic rings. The van der Waals surface area contributed by atoms with E-state index in [1.54, 1.807) is 32.2 Å². The van der Waals surface area contributed by atoms with E-state index in [-0.39, 0.29) is 30.2 Å². The highest BCUT2D eigenvalue weighted by molar-refractivity contribution is 5.88. The normalized spacial score (nSPS) is 10.8. The second-order valence-corrected chi connectivity index (χ2v) is 5.59. The van der Waals surface area contributed by atoms with Gasteiger partial charge in [-0.3, -0.25) is 14.4 Å². The standard InChI is InChI=1S/C19H21N3O5/c1-12-14(10-20)18(23)22(7-8-25-2)19(24)15(12)11-21-16-6-5-13(26-3)9-17(16)27-4/h5-6,9,11,24H,7-8H2,1-4H3. The van der Waals surface area contributed by atoms with E-state index in [2.05, 4.69) is 4.99 Å². The minimum atomic E-state index is -0.566. The van der Waals surface area contributed by atoms with Crippen molar-refractivity contribution in [2.75, 3.05) is 27.9 Å². The number of hydrogen-bond acceptors (Lipinski definition) is 7. The van der Waals surface area contributed by atoms with Crippen molar-refractivity contribution in [3.8, 4) is 23.4 Å². The van der Waals surface area contributed by atoms with Crippen LogP contribution >= 0.6 is 0 Å². The Labute approximate surface area is 156 Å². The topological polar surface area (TPSA) is 106 Å². The van der Waals surface area contributed by atoms with E-state index >= 15 is 0 Å². The van der Waals surface area contributed by atoms with Gasteiger partial charge < -0.3 is 19.3 Å². The Hall–Kier alpha value is -3.31. The molecule has 0 aliphatic carbocycles. The summed E-state index contributed by atoms with van der Waals surface area (Å²) in [5, 5.41) is 19.9. The monoisotopic (exact) mass is 371 g/mol. The van der Waals surface area contributed by atoms with Crippen LogP contribution in [-0.4, -0.2) is 43.8 Å². The van der Waals surface area contributed by atoms with Gasteiger partial charge in [0.15, 0.2) is 0 Å². The van der Waals surface area contributed by atoms with E-state index in [1.807, 2.05) is 6.07 Å². The fraction of sp³-hybridized carbons (Fsp3) is 0.316. The number of nitrogens with zero attached hydrogens (tertiary/aromatic N) is 3. The fourth-order valence-electron chi connectivity index (χ4n) is 2.54. The summed E-state index contributed by atoms with van der Waals surface area (Å²) in [7, 11) is 4.54. The molecule has 0 fully saturated rings. The first-order valence-electron chi connectivity index (χ1n) is 8.09. The molecular formula is C19H21N3O5. The minimum absolute atomic E-state index is 0.0490. The molecule has 0 saturated heterocycles. The summed E-state index contributed by atoms with van der Waals surface area (Å²) in [5.74, 6) is 0.824. The summed E-state index contributed by atoms with van der Waals surface area (Å²) < 4.78 is 16.5. The lowest BCUT2D eigenvalue weighted by molar-refractivity contribution is 0.182. The fourth-order valence-corrected chi connectivity index (χ4v) is 2.54. The van der Waals surface area contributed by atoms with Crippen LogP contribution < -0.4 is 15.0 Å². The maximum absolute atomic E-state index is 12.4. The molecule has 0 saturated carbocycles. The van der Waals surface area contributed by atoms with Crippen molar-refractivity contribution in [1.82, 2.24) is 4.57 Å². The molecule has 8 heteroatoms. The van der Waals surface area contributed by atoms with E-state index in [0.29, 0.717) is 22.7 Å². The zero-order valence-corrected chi connectivity index (χ0v) is 15.6. The molecule has 0 bridgehead atoms. The average molecular weight is 371 g/mol. The number of nitriles is 1. The van der Waals surface area contributed by atoms with Crippen molar-refractivity contribution in [3.63, 3.8) is 0 Å². The van der Waals surface area contributed by atoms with Crippen LogP contribution in [0.25, 0.3) is 0 Å². The van der Waals surface area contributed by atoms with Crippen LogP contribution in [0, 0.1) is 18.3 Å². The van der Waals surface area contributed by atoms with E-state index in [0.717, 1.165) is 4.57 Å². The van der Waals surface area contributed by atoms with Crippen molar-refractivity contribution in [1.29, 1.82) is 5.26 Å². The molecule has 0 aliphatic heterocycles. The van der Waals surface area contributed by atoms with Gasteiger partial charge in [0, 0.05) is 19.4 Å². The zero-order valence-electron chi connectivity index (χ0n) is 15.6. The predicted octanol–water partition coefficient (Wildman–Crippen LogP) is 2.15. The molecule has 0 radical (unpaired) electrons. The highest BCUT2D eigenvalue weighted by Crippen LogP contribution is 2.32. The van der Waals surface area contributed by atoms with Crippen molar-refractivity contribution in [2.45, 2.75) is 13.5 Å². The van der Waals surface area contributed by atoms with Gasteiger partial charge in [-0.05, 0) is 24.6 Å². The third-order valence-corrected chi connectivity index (χ3v) is 4.09. The molecule has 0 amide bonds. The van der Waals surface area contributed by atoms with Gasteiger partial charge in [-0.1, -0.05) is 0 Å². The smallest absolute Gasteiger partial charge is 0.271 e. The molecule has 27 heavy (non-hydrogen) atoms. The molecule has 1 heterocycles. The summed E-state index contributed by atoms with van der Waals surface area (Å²) in [6, 6.07) is 7.00. The number of rotatable bonds is 7. The molecular weight excluding hydrogens is 350 g/mol. The van der Waals surface area contributed by atoms with Crippen LogP contribution in [0.2, 0.25) is 0 Å². The Morgan fingerprint density at radius 2 is 2.04 bits per heavy atom. The van der Waals surface area contributed by atoms with E-state index in [1.165, 1.54) is 20.4 Å². The zero-order chi connectivity index (χ0) is 20.0. The largest absolute Gasteiger partial charge is 0.497 e. The van der Waals surface area contributed by atoms with Crippen LogP contribution in [0.4, 0.5) is 5.69 Å². The van der Waals surface area contributed by atoms with E-state index in [9.17, 15) is 15.2 Å². The first-order valence-corrected chi connectivity index (χ1v) is 8.09. The van der Waals surface area contributed by atoms with Crippen molar-refractivity contribution in [3.05, 3.63) is 45.2 Å². The number of aromatic nitrogens is 1. The Bertz CT molecular complexity index is 957. The first kappa shape index (κ1) is 20.0. The maximum Gasteiger partial charge on any atom is 0.271 e. The van der Waals surface area contributed by atoms with Crippen LogP contribution in [-0.2, 0) is 11.3 Å². The Morgan fingerprint density at radius 3 is 2.63 bits per heavy atom. The Morgan fingerprint density at radius 1 is 1.30 bits per heavy atom. The van der Waals surface area contributed by atoms with Gasteiger partial charge in [-0.2, -0.15) is 5.26 Å². The quantitative estimate of drug-likeness (QED) is 0.748. The Balaban J connectivity index is 2.57. The highest BCUT2D eigenvalue weighted by atomic mass is 16.5. The Kier molecular flexibility index (Phi) is 6.57. The molecule has 142 valence electrons. The molecule has 0 spiro atoms. The SMILES string of the molecule is COCCn1c(O)c(C=Nc2ccc(OC)cc2OC)c(C)c(C#N)c1=O. The number of ether oxygens (including phenoxy) is 3. The lowest BCUT2D eigenvalue weighted by atomic mass is 10.1. The van der Waals surface area contributed by atoms with Gasteiger partial charge in [0.1, 0.15) is 28.8 Å². The summed E-state index contributed by atoms with van der Waals surface area (Å²) >= 11 is 0. The third-order valence-electron chi connectivity index (χ3n) is 4.09. The predicted molar refractivity (Wildman–Crippen MR) is 100 cm³/mol. The number of pyridine rings is 1. The van der Waals surface area contributed by atoms with E-state index < -0.39 is 5.56 Å². The molecule has 1 N–H and O–H groups in total. The summed E-state index contributed by atoms with van der Waals surface area (Å²) in [6.45, 7) is 1.92. The molecule has 1 aromatic heterocycles. The molecule has 2 aromatic rings. The molecule has 8 nitrogen and oxygen atoms in total. The first-order chi connectivity index (χ1) is 13.0. The maximum atomic E-state index is 12.4. The lowest BCUT2D eigenvalue weighted by Crippen LogP contribution is -2.26. The summed E-state index contributed by atoms with van der Waals surface area (Å²) in [4.78, 5) is 16.7. The van der Waals surface area contributed by atoms with Gasteiger partial charge in [-0.25, -0.2) is 0 Å². The van der Waals surface area contributed by atoms with Crippen LogP contribution in [0.5, 0.6) is 17.4 Å². The van der Waals surface area contributed by atoms with Gasteiger partial charge in [0.2, 0.25) is 5.88 Å². The summed E-state index contributed by atoms with van der Waals surface area (Å²) in [6.07, 6.45) is 1.40. The van der Waals surface area contributed by atoms with Crippen molar-refractivity contribution in [2.24, 2.45) is 4.99 Å². The van der Waals surface area contributed by atoms with Crippen LogP contribution in [0.15, 0.2) is 28.0 Å². The highest BCUT2D eigenvalue weighted by Gasteiger charge is 2.18. The molecule has 2 rings (SSSR count). The third kappa shape index (κ3) is 4.10. The van der Waals surface area contributed by atoms with Crippen molar-refractivity contribution >= 4 is 11.9 Å². The van der Waals surface area contributed by atoms with Crippen molar-refractivity contribution < 1.29 is 19.3 Å².